The van der Waals surface area contributed by atoms with Gasteiger partial charge in [-0.3, -0.25) is 0 Å². The third-order valence-corrected chi connectivity index (χ3v) is 4.04. The van der Waals surface area contributed by atoms with E-state index in [0.717, 1.165) is 17.5 Å². The van der Waals surface area contributed by atoms with Crippen LogP contribution in [0.3, 0.4) is 0 Å². The Labute approximate surface area is 107 Å². The molecule has 1 aromatic rings. The molecule has 1 fully saturated rings. The van der Waals surface area contributed by atoms with Crippen LogP contribution >= 0.6 is 11.8 Å². The summed E-state index contributed by atoms with van der Waals surface area (Å²) in [6.07, 6.45) is 5.25. The van der Waals surface area contributed by atoms with Gasteiger partial charge in [0.25, 0.3) is 0 Å². The monoisotopic (exact) mass is 255 g/mol. The van der Waals surface area contributed by atoms with Crippen LogP contribution < -0.4 is 5.32 Å². The lowest BCUT2D eigenvalue weighted by Gasteiger charge is -2.08. The summed E-state index contributed by atoms with van der Waals surface area (Å²) in [4.78, 5) is 4.38. The second-order valence-corrected chi connectivity index (χ2v) is 6.39. The summed E-state index contributed by atoms with van der Waals surface area (Å²) in [5.74, 6) is 2.37. The van der Waals surface area contributed by atoms with Gasteiger partial charge in [0.1, 0.15) is 0 Å². The molecular weight excluding hydrogens is 234 g/mol. The smallest absolute Gasteiger partial charge is 0.240 e. The number of nitrogens with one attached hydrogen (secondary N) is 1. The van der Waals surface area contributed by atoms with Gasteiger partial charge in [0.15, 0.2) is 5.82 Å². The molecule has 1 saturated carbocycles. The van der Waals surface area contributed by atoms with Crippen LogP contribution in [-0.4, -0.2) is 21.4 Å². The quantitative estimate of drug-likeness (QED) is 0.847. The van der Waals surface area contributed by atoms with Gasteiger partial charge in [0.2, 0.25) is 5.89 Å². The van der Waals surface area contributed by atoms with Crippen LogP contribution in [0.1, 0.15) is 51.2 Å². The predicted molar refractivity (Wildman–Crippen MR) is 69.8 cm³/mol. The zero-order valence-electron chi connectivity index (χ0n) is 10.6. The zero-order chi connectivity index (χ0) is 12.1. The lowest BCUT2D eigenvalue weighted by atomic mass is 10.2. The molecule has 0 atom stereocenters. The largest absolute Gasteiger partial charge is 0.338 e. The maximum Gasteiger partial charge on any atom is 0.240 e. The summed E-state index contributed by atoms with van der Waals surface area (Å²) in [5.41, 5.74) is 0. The van der Waals surface area contributed by atoms with E-state index in [4.69, 9.17) is 4.52 Å². The van der Waals surface area contributed by atoms with E-state index < -0.39 is 0 Å². The molecule has 0 radical (unpaired) electrons. The van der Waals surface area contributed by atoms with E-state index in [1.165, 1.54) is 25.7 Å². The first-order chi connectivity index (χ1) is 8.24. The molecule has 0 bridgehead atoms. The van der Waals surface area contributed by atoms with Crippen LogP contribution in [-0.2, 0) is 12.3 Å². The van der Waals surface area contributed by atoms with Crippen molar-refractivity contribution in [3.8, 4) is 0 Å². The summed E-state index contributed by atoms with van der Waals surface area (Å²) in [6.45, 7) is 5.06. The Morgan fingerprint density at radius 1 is 1.41 bits per heavy atom. The molecule has 1 aliphatic rings. The Morgan fingerprint density at radius 2 is 2.18 bits per heavy atom. The normalized spacial score (nSPS) is 17.1. The lowest BCUT2D eigenvalue weighted by molar-refractivity contribution is 0.354. The van der Waals surface area contributed by atoms with E-state index in [0.29, 0.717) is 17.8 Å². The van der Waals surface area contributed by atoms with Gasteiger partial charge in [-0.05, 0) is 18.1 Å². The van der Waals surface area contributed by atoms with Crippen LogP contribution in [0.5, 0.6) is 0 Å². The first-order valence-electron chi connectivity index (χ1n) is 6.40. The predicted octanol–water partition coefficient (Wildman–Crippen LogP) is 2.74. The molecule has 4 nitrogen and oxygen atoms in total. The SMILES string of the molecule is CC(C)SCc1noc(CNC2CCCC2)n1. The molecule has 1 aliphatic carbocycles. The van der Waals surface area contributed by atoms with Gasteiger partial charge in [-0.2, -0.15) is 16.7 Å². The molecule has 0 saturated heterocycles. The summed E-state index contributed by atoms with van der Waals surface area (Å²) < 4.78 is 5.22. The van der Waals surface area contributed by atoms with Crippen LogP contribution in [0.2, 0.25) is 0 Å². The van der Waals surface area contributed by atoms with Crippen molar-refractivity contribution >= 4 is 11.8 Å². The van der Waals surface area contributed by atoms with E-state index >= 15 is 0 Å². The molecule has 96 valence electrons. The Kier molecular flexibility index (Phi) is 4.86. The van der Waals surface area contributed by atoms with Crippen LogP contribution in [0.25, 0.3) is 0 Å². The fraction of sp³-hybridized carbons (Fsp3) is 0.833. The van der Waals surface area contributed by atoms with Gasteiger partial charge in [-0.1, -0.05) is 31.8 Å². The minimum atomic E-state index is 0.605. The average Bonchev–Trinajstić information content (AvgIpc) is 2.95. The Hall–Kier alpha value is -0.550. The molecule has 2 rings (SSSR count). The Balaban J connectivity index is 1.73. The molecule has 0 aliphatic heterocycles. The molecule has 0 amide bonds. The van der Waals surface area contributed by atoms with Crippen molar-refractivity contribution in [1.29, 1.82) is 0 Å². The zero-order valence-corrected chi connectivity index (χ0v) is 11.4. The van der Waals surface area contributed by atoms with Crippen LogP contribution in [0, 0.1) is 0 Å². The van der Waals surface area contributed by atoms with E-state index in [9.17, 15) is 0 Å². The summed E-state index contributed by atoms with van der Waals surface area (Å²) in [6, 6.07) is 0.649. The van der Waals surface area contributed by atoms with Crippen molar-refractivity contribution in [3.05, 3.63) is 11.7 Å². The highest BCUT2D eigenvalue weighted by molar-refractivity contribution is 7.99. The van der Waals surface area contributed by atoms with E-state index in [1.54, 1.807) is 0 Å². The summed E-state index contributed by atoms with van der Waals surface area (Å²) >= 11 is 1.84. The first-order valence-corrected chi connectivity index (χ1v) is 7.45. The fourth-order valence-electron chi connectivity index (χ4n) is 2.02. The van der Waals surface area contributed by atoms with Crippen LogP contribution in [0.15, 0.2) is 4.52 Å². The minimum Gasteiger partial charge on any atom is -0.338 e. The fourth-order valence-corrected chi connectivity index (χ4v) is 2.62. The molecule has 1 aromatic heterocycles. The highest BCUT2D eigenvalue weighted by atomic mass is 32.2. The lowest BCUT2D eigenvalue weighted by Crippen LogP contribution is -2.25. The van der Waals surface area contributed by atoms with Crippen molar-refractivity contribution in [2.45, 2.75) is 63.1 Å². The molecule has 1 N–H and O–H groups in total. The molecule has 1 heterocycles. The van der Waals surface area contributed by atoms with Gasteiger partial charge in [0, 0.05) is 6.04 Å². The number of nitrogens with zero attached hydrogens (tertiary/aromatic N) is 2. The maximum atomic E-state index is 5.22. The molecule has 0 spiro atoms. The standard InChI is InChI=1S/C12H21N3OS/c1-9(2)17-8-11-14-12(16-15-11)7-13-10-5-3-4-6-10/h9-10,13H,3-8H2,1-2H3. The highest BCUT2D eigenvalue weighted by Crippen LogP contribution is 2.18. The number of hydrogen-bond donors (Lipinski definition) is 1. The molecule has 5 heteroatoms. The van der Waals surface area contributed by atoms with E-state index in [2.05, 4.69) is 29.3 Å². The Morgan fingerprint density at radius 3 is 2.88 bits per heavy atom. The van der Waals surface area contributed by atoms with Gasteiger partial charge in [-0.25, -0.2) is 0 Å². The molecule has 0 aromatic carbocycles. The van der Waals surface area contributed by atoms with Crippen molar-refractivity contribution in [2.75, 3.05) is 0 Å². The van der Waals surface area contributed by atoms with Gasteiger partial charge in [0.05, 0.1) is 12.3 Å². The van der Waals surface area contributed by atoms with Crippen LogP contribution in [0.4, 0.5) is 0 Å². The molecular formula is C12H21N3OS. The second-order valence-electron chi connectivity index (χ2n) is 4.83. The number of thioether (sulfide) groups is 1. The second kappa shape index (κ2) is 6.40. The summed E-state index contributed by atoms with van der Waals surface area (Å²) in [7, 11) is 0. The van der Waals surface area contributed by atoms with E-state index in [1.807, 2.05) is 11.8 Å². The Bertz CT molecular complexity index is 334. The number of rotatable bonds is 6. The minimum absolute atomic E-state index is 0.605. The third-order valence-electron chi connectivity index (χ3n) is 2.95. The average molecular weight is 255 g/mol. The molecule has 0 unspecified atom stereocenters. The topological polar surface area (TPSA) is 51.0 Å². The first kappa shape index (κ1) is 12.9. The highest BCUT2D eigenvalue weighted by Gasteiger charge is 2.15. The summed E-state index contributed by atoms with van der Waals surface area (Å²) in [5, 5.41) is 8.06. The number of aromatic nitrogens is 2. The van der Waals surface area contributed by atoms with E-state index in [-0.39, 0.29) is 0 Å². The van der Waals surface area contributed by atoms with Gasteiger partial charge in [-0.15, -0.1) is 0 Å². The van der Waals surface area contributed by atoms with Gasteiger partial charge < -0.3 is 9.84 Å². The molecule has 17 heavy (non-hydrogen) atoms. The van der Waals surface area contributed by atoms with Crippen molar-refractivity contribution in [1.82, 2.24) is 15.5 Å². The van der Waals surface area contributed by atoms with Crippen molar-refractivity contribution in [3.63, 3.8) is 0 Å². The van der Waals surface area contributed by atoms with Crippen molar-refractivity contribution in [2.24, 2.45) is 0 Å². The maximum absolute atomic E-state index is 5.22. The van der Waals surface area contributed by atoms with Gasteiger partial charge >= 0.3 is 0 Å². The van der Waals surface area contributed by atoms with Crippen molar-refractivity contribution < 1.29 is 4.52 Å². The third kappa shape index (κ3) is 4.32. The number of hydrogen-bond acceptors (Lipinski definition) is 5.